The second kappa shape index (κ2) is 12.9. The highest BCUT2D eigenvalue weighted by Gasteiger charge is 1.95. The van der Waals surface area contributed by atoms with Crippen LogP contribution in [0.25, 0.3) is 0 Å². The molecule has 0 aliphatic carbocycles. The molecule has 2 saturated heterocycles. The van der Waals surface area contributed by atoms with Crippen LogP contribution in [0.4, 0.5) is 0 Å². The molecule has 0 aromatic heterocycles. The molecule has 3 nitrogen and oxygen atoms in total. The van der Waals surface area contributed by atoms with E-state index >= 15 is 0 Å². The average molecular weight is 232 g/mol. The standard InChI is InChI=1S/2C5H10O.C3H8O/c2*1-2-4-6-5-3-1;1-3(2)4/h2*1-5H2;3-4H,1-2H3. The van der Waals surface area contributed by atoms with Crippen LogP contribution in [0, 0.1) is 0 Å². The highest BCUT2D eigenvalue weighted by molar-refractivity contribution is 4.45. The summed E-state index contributed by atoms with van der Waals surface area (Å²) >= 11 is 0. The Morgan fingerprint density at radius 1 is 0.688 bits per heavy atom. The third kappa shape index (κ3) is 16.3. The van der Waals surface area contributed by atoms with Crippen molar-refractivity contribution in [3.63, 3.8) is 0 Å². The Balaban J connectivity index is 0.000000217. The molecule has 2 heterocycles. The van der Waals surface area contributed by atoms with Gasteiger partial charge in [0.2, 0.25) is 0 Å². The SMILES string of the molecule is C1CCOCC1.C1CCOCC1.CC(C)O. The predicted molar refractivity (Wildman–Crippen MR) is 66.7 cm³/mol. The molecule has 0 bridgehead atoms. The van der Waals surface area contributed by atoms with Crippen molar-refractivity contribution >= 4 is 0 Å². The van der Waals surface area contributed by atoms with Crippen LogP contribution >= 0.6 is 0 Å². The Morgan fingerprint density at radius 2 is 0.938 bits per heavy atom. The average Bonchev–Trinajstić information content (AvgIpc) is 2.34. The third-order valence-corrected chi connectivity index (χ3v) is 2.15. The molecule has 0 saturated carbocycles. The quantitative estimate of drug-likeness (QED) is 0.698. The van der Waals surface area contributed by atoms with E-state index in [1.54, 1.807) is 13.8 Å². The Labute approximate surface area is 100 Å². The van der Waals surface area contributed by atoms with Gasteiger partial charge >= 0.3 is 0 Å². The minimum atomic E-state index is -0.167. The fraction of sp³-hybridized carbons (Fsp3) is 1.00. The van der Waals surface area contributed by atoms with Gasteiger partial charge in [0.05, 0.1) is 0 Å². The minimum Gasteiger partial charge on any atom is -0.394 e. The van der Waals surface area contributed by atoms with Gasteiger partial charge in [-0.3, -0.25) is 0 Å². The van der Waals surface area contributed by atoms with Crippen molar-refractivity contribution in [2.75, 3.05) is 26.4 Å². The lowest BCUT2D eigenvalue weighted by atomic mass is 10.2. The second-order valence-corrected chi connectivity index (χ2v) is 4.44. The number of ether oxygens (including phenoxy) is 2. The Morgan fingerprint density at radius 3 is 1.00 bits per heavy atom. The summed E-state index contributed by atoms with van der Waals surface area (Å²) in [5.74, 6) is 0. The van der Waals surface area contributed by atoms with Gasteiger partial charge in [-0.25, -0.2) is 0 Å². The molecule has 0 radical (unpaired) electrons. The zero-order valence-electron chi connectivity index (χ0n) is 10.9. The molecule has 2 fully saturated rings. The van der Waals surface area contributed by atoms with Crippen molar-refractivity contribution in [3.8, 4) is 0 Å². The maximum Gasteiger partial charge on any atom is 0.0483 e. The zero-order valence-corrected chi connectivity index (χ0v) is 10.9. The Kier molecular flexibility index (Phi) is 12.9. The van der Waals surface area contributed by atoms with Gasteiger partial charge in [0.15, 0.2) is 0 Å². The number of hydrogen-bond acceptors (Lipinski definition) is 3. The first-order chi connectivity index (χ1) is 7.73. The van der Waals surface area contributed by atoms with E-state index in [9.17, 15) is 0 Å². The van der Waals surface area contributed by atoms with Crippen LogP contribution in [0.1, 0.15) is 52.4 Å². The van der Waals surface area contributed by atoms with Gasteiger partial charge in [0, 0.05) is 32.5 Å². The number of aliphatic hydroxyl groups is 1. The molecule has 3 heteroatoms. The maximum absolute atomic E-state index is 8.06. The van der Waals surface area contributed by atoms with Crippen LogP contribution in [0.3, 0.4) is 0 Å². The van der Waals surface area contributed by atoms with E-state index in [1.165, 1.54) is 38.5 Å². The first-order valence-electron chi connectivity index (χ1n) is 6.57. The molecule has 2 aliphatic rings. The van der Waals surface area contributed by atoms with E-state index in [4.69, 9.17) is 14.6 Å². The monoisotopic (exact) mass is 232 g/mol. The highest BCUT2D eigenvalue weighted by atomic mass is 16.5. The summed E-state index contributed by atoms with van der Waals surface area (Å²) in [5.41, 5.74) is 0. The van der Waals surface area contributed by atoms with Gasteiger partial charge in [-0.1, -0.05) is 0 Å². The fourth-order valence-corrected chi connectivity index (χ4v) is 1.37. The highest BCUT2D eigenvalue weighted by Crippen LogP contribution is 2.02. The van der Waals surface area contributed by atoms with Crippen molar-refractivity contribution in [1.29, 1.82) is 0 Å². The van der Waals surface area contributed by atoms with E-state index < -0.39 is 0 Å². The molecule has 0 aromatic carbocycles. The summed E-state index contributed by atoms with van der Waals surface area (Å²) in [7, 11) is 0. The molecule has 1 N–H and O–H groups in total. The summed E-state index contributed by atoms with van der Waals surface area (Å²) in [6.07, 6.45) is 7.69. The first kappa shape index (κ1) is 15.9. The van der Waals surface area contributed by atoms with Gasteiger partial charge in [0.1, 0.15) is 0 Å². The molecule has 0 atom stereocenters. The zero-order chi connectivity index (χ0) is 12.1. The van der Waals surface area contributed by atoms with E-state index in [0.717, 1.165) is 26.4 Å². The number of rotatable bonds is 0. The largest absolute Gasteiger partial charge is 0.394 e. The second-order valence-electron chi connectivity index (χ2n) is 4.44. The van der Waals surface area contributed by atoms with Gasteiger partial charge in [-0.2, -0.15) is 0 Å². The Bertz CT molecular complexity index is 80.6. The summed E-state index contributed by atoms with van der Waals surface area (Å²) in [6.45, 7) is 7.44. The molecule has 0 amide bonds. The molecular formula is C13H28O3. The molecule has 0 aromatic rings. The molecule has 0 unspecified atom stereocenters. The first-order valence-corrected chi connectivity index (χ1v) is 6.57. The summed E-state index contributed by atoms with van der Waals surface area (Å²) in [4.78, 5) is 0. The Hall–Kier alpha value is -0.120. The van der Waals surface area contributed by atoms with Gasteiger partial charge in [0.25, 0.3) is 0 Å². The smallest absolute Gasteiger partial charge is 0.0483 e. The van der Waals surface area contributed by atoms with Crippen molar-refractivity contribution in [1.82, 2.24) is 0 Å². The van der Waals surface area contributed by atoms with E-state index in [1.807, 2.05) is 0 Å². The van der Waals surface area contributed by atoms with Crippen molar-refractivity contribution in [2.24, 2.45) is 0 Å². The maximum atomic E-state index is 8.06. The van der Waals surface area contributed by atoms with Gasteiger partial charge in [-0.15, -0.1) is 0 Å². The molecule has 0 spiro atoms. The van der Waals surface area contributed by atoms with E-state index in [0.29, 0.717) is 0 Å². The van der Waals surface area contributed by atoms with Crippen LogP contribution in [-0.2, 0) is 9.47 Å². The van der Waals surface area contributed by atoms with Crippen LogP contribution in [0.2, 0.25) is 0 Å². The molecule has 2 rings (SSSR count). The lowest BCUT2D eigenvalue weighted by Crippen LogP contribution is -2.03. The minimum absolute atomic E-state index is 0.167. The van der Waals surface area contributed by atoms with Crippen molar-refractivity contribution < 1.29 is 14.6 Å². The number of aliphatic hydroxyl groups excluding tert-OH is 1. The third-order valence-electron chi connectivity index (χ3n) is 2.15. The fourth-order valence-electron chi connectivity index (χ4n) is 1.37. The predicted octanol–water partition coefficient (Wildman–Crippen LogP) is 2.76. The van der Waals surface area contributed by atoms with Gasteiger partial charge in [-0.05, 0) is 52.4 Å². The molecule has 2 aliphatic heterocycles. The van der Waals surface area contributed by atoms with Crippen molar-refractivity contribution in [3.05, 3.63) is 0 Å². The normalized spacial score (nSPS) is 20.2. The number of hydrogen-bond donors (Lipinski definition) is 1. The van der Waals surface area contributed by atoms with Gasteiger partial charge < -0.3 is 14.6 Å². The van der Waals surface area contributed by atoms with Crippen LogP contribution in [0.5, 0.6) is 0 Å². The van der Waals surface area contributed by atoms with E-state index in [-0.39, 0.29) is 6.10 Å². The lowest BCUT2D eigenvalue weighted by molar-refractivity contribution is 0.0967. The van der Waals surface area contributed by atoms with Crippen LogP contribution in [0.15, 0.2) is 0 Å². The van der Waals surface area contributed by atoms with E-state index in [2.05, 4.69) is 0 Å². The summed E-state index contributed by atoms with van der Waals surface area (Å²) in [6, 6.07) is 0. The van der Waals surface area contributed by atoms with Crippen LogP contribution in [-0.4, -0.2) is 37.6 Å². The summed E-state index contributed by atoms with van der Waals surface area (Å²) < 4.78 is 10.1. The topological polar surface area (TPSA) is 38.7 Å². The van der Waals surface area contributed by atoms with Crippen molar-refractivity contribution in [2.45, 2.75) is 58.5 Å². The molecule has 98 valence electrons. The molecular weight excluding hydrogens is 204 g/mol. The summed E-state index contributed by atoms with van der Waals surface area (Å²) in [5, 5.41) is 8.06. The molecule has 16 heavy (non-hydrogen) atoms. The van der Waals surface area contributed by atoms with Crippen LogP contribution < -0.4 is 0 Å². The lowest BCUT2D eigenvalue weighted by Gasteiger charge is -2.08.